The molecule has 1 rings (SSSR count). The fourth-order valence-corrected chi connectivity index (χ4v) is 2.34. The summed E-state index contributed by atoms with van der Waals surface area (Å²) >= 11 is 0. The van der Waals surface area contributed by atoms with Gasteiger partial charge in [0.25, 0.3) is 0 Å². The summed E-state index contributed by atoms with van der Waals surface area (Å²) in [5, 5.41) is 20.6. The van der Waals surface area contributed by atoms with Crippen molar-refractivity contribution in [3.8, 4) is 12.1 Å². The molecule has 5 nitrogen and oxygen atoms in total. The number of hydrogen-bond acceptors (Lipinski definition) is 4. The maximum absolute atomic E-state index is 10.7. The van der Waals surface area contributed by atoms with Crippen LogP contribution in [0.2, 0.25) is 0 Å². The van der Waals surface area contributed by atoms with Crippen molar-refractivity contribution < 1.29 is 19.5 Å². The van der Waals surface area contributed by atoms with Crippen molar-refractivity contribution in [3.63, 3.8) is 0 Å². The minimum absolute atomic E-state index is 0.0439. The van der Waals surface area contributed by atoms with Crippen molar-refractivity contribution >= 4 is 20.0 Å². The lowest BCUT2D eigenvalue weighted by molar-refractivity contribution is 0.0697. The molecular weight excluding hydrogens is 265 g/mol. The lowest BCUT2D eigenvalue weighted by atomic mass is 10.2. The quantitative estimate of drug-likeness (QED) is 0.528. The van der Waals surface area contributed by atoms with Crippen molar-refractivity contribution in [3.05, 3.63) is 29.8 Å². The first-order valence-corrected chi connectivity index (χ1v) is 6.96. The Balaban J connectivity index is 2.61. The van der Waals surface area contributed by atoms with Crippen LogP contribution in [0.3, 0.4) is 0 Å². The molecule has 0 aromatic heterocycles. The highest BCUT2D eigenvalue weighted by molar-refractivity contribution is 7.59. The number of nitrogens with one attached hydrogen (secondary N) is 1. The maximum atomic E-state index is 10.7. The van der Waals surface area contributed by atoms with Crippen LogP contribution < -0.4 is 5.09 Å². The molecule has 0 spiro atoms. The van der Waals surface area contributed by atoms with Crippen LogP contribution in [0, 0.1) is 12.1 Å². The number of hydrogen-bond donors (Lipinski definition) is 3. The topological polar surface area (TPSA) is 78.8 Å². The van der Waals surface area contributed by atoms with Gasteiger partial charge in [-0.3, -0.25) is 0 Å². The minimum atomic E-state index is -1.29. The molecule has 0 aliphatic carbocycles. The van der Waals surface area contributed by atoms with E-state index in [-0.39, 0.29) is 18.3 Å². The van der Waals surface area contributed by atoms with Crippen molar-refractivity contribution in [2.24, 2.45) is 0 Å². The van der Waals surface area contributed by atoms with Crippen LogP contribution in [0.25, 0.3) is 0 Å². The second-order valence-corrected chi connectivity index (χ2v) is 5.13. The average molecular weight is 281 g/mol. The maximum Gasteiger partial charge on any atom is 0.335 e. The normalized spacial score (nSPS) is 13.3. The third-order valence-corrected chi connectivity index (χ3v) is 3.57. The summed E-state index contributed by atoms with van der Waals surface area (Å²) in [7, 11) is -1.29. The van der Waals surface area contributed by atoms with Crippen LogP contribution in [-0.4, -0.2) is 28.9 Å². The van der Waals surface area contributed by atoms with E-state index in [0.29, 0.717) is 12.1 Å². The summed E-state index contributed by atoms with van der Waals surface area (Å²) < 4.78 is 5.56. The first kappa shape index (κ1) is 15.5. The number of benzene rings is 1. The molecule has 0 fully saturated rings. The molecule has 0 heterocycles. The first-order valence-electron chi connectivity index (χ1n) is 5.71. The highest BCUT2D eigenvalue weighted by Crippen LogP contribution is 2.37. The van der Waals surface area contributed by atoms with Crippen LogP contribution >= 0.6 is 8.30 Å². The zero-order valence-corrected chi connectivity index (χ0v) is 11.4. The molecule has 0 aliphatic rings. The Morgan fingerprint density at radius 3 is 2.63 bits per heavy atom. The molecule has 2 unspecified atom stereocenters. The van der Waals surface area contributed by atoms with Gasteiger partial charge in [0.15, 0.2) is 0 Å². The van der Waals surface area contributed by atoms with Crippen LogP contribution in [0.1, 0.15) is 23.7 Å². The van der Waals surface area contributed by atoms with Gasteiger partial charge in [0.1, 0.15) is 0 Å². The second-order valence-electron chi connectivity index (χ2n) is 3.85. The van der Waals surface area contributed by atoms with E-state index in [2.05, 4.69) is 10.7 Å². The number of aliphatic hydroxyl groups excluding tert-OH is 1. The third-order valence-electron chi connectivity index (χ3n) is 2.30. The Labute approximate surface area is 113 Å². The molecule has 6 heteroatoms. The van der Waals surface area contributed by atoms with Crippen LogP contribution in [0.15, 0.2) is 24.3 Å². The van der Waals surface area contributed by atoms with E-state index in [1.165, 1.54) is 12.1 Å². The van der Waals surface area contributed by atoms with Gasteiger partial charge in [-0.1, -0.05) is 0 Å². The Morgan fingerprint density at radius 2 is 2.16 bits per heavy atom. The standard InChI is InChI=1S/C13H16NO4P/c1-3-19(18-10(2)8-9-15)14-12-6-4-11(5-7-12)13(16)17/h1,4-7,10,14-15H,8-9H2,2H3,(H,16,17). The number of aromatic carboxylic acids is 1. The number of aliphatic hydroxyl groups is 1. The summed E-state index contributed by atoms with van der Waals surface area (Å²) in [6, 6.07) is 6.25. The molecule has 3 N–H and O–H groups in total. The molecule has 2 atom stereocenters. The molecule has 19 heavy (non-hydrogen) atoms. The first-order chi connectivity index (χ1) is 9.06. The Hall–Kier alpha value is -1.60. The second kappa shape index (κ2) is 7.75. The number of terminal acetylenes is 1. The van der Waals surface area contributed by atoms with Gasteiger partial charge in [0, 0.05) is 12.3 Å². The van der Waals surface area contributed by atoms with Gasteiger partial charge in [-0.2, -0.15) is 0 Å². The number of carboxylic acids is 1. The Morgan fingerprint density at radius 1 is 1.53 bits per heavy atom. The monoisotopic (exact) mass is 281 g/mol. The molecule has 0 amide bonds. The van der Waals surface area contributed by atoms with Crippen molar-refractivity contribution in [1.82, 2.24) is 0 Å². The van der Waals surface area contributed by atoms with Gasteiger partial charge in [-0.05, 0) is 43.3 Å². The van der Waals surface area contributed by atoms with Crippen LogP contribution in [0.5, 0.6) is 0 Å². The van der Waals surface area contributed by atoms with Gasteiger partial charge in [-0.25, -0.2) is 4.79 Å². The summed E-state index contributed by atoms with van der Waals surface area (Å²) in [5.41, 5.74) is 3.42. The fourth-order valence-electron chi connectivity index (χ4n) is 1.31. The molecule has 0 saturated carbocycles. The van der Waals surface area contributed by atoms with E-state index in [9.17, 15) is 4.79 Å². The number of rotatable bonds is 7. The number of anilines is 1. The fraction of sp³-hybridized carbons (Fsp3) is 0.308. The summed E-state index contributed by atoms with van der Waals surface area (Å²) in [5.74, 6) is -0.974. The average Bonchev–Trinajstić information content (AvgIpc) is 2.38. The van der Waals surface area contributed by atoms with Gasteiger partial charge < -0.3 is 19.8 Å². The lowest BCUT2D eigenvalue weighted by Gasteiger charge is -2.18. The summed E-state index contributed by atoms with van der Waals surface area (Å²) in [6.45, 7) is 1.88. The van der Waals surface area contributed by atoms with E-state index in [0.717, 1.165) is 0 Å². The van der Waals surface area contributed by atoms with Crippen molar-refractivity contribution in [2.75, 3.05) is 11.7 Å². The van der Waals surface area contributed by atoms with E-state index in [1.807, 2.05) is 6.92 Å². The number of carboxylic acid groups (broad SMARTS) is 1. The molecule has 1 aromatic rings. The smallest absolute Gasteiger partial charge is 0.335 e. The molecule has 102 valence electrons. The molecule has 0 bridgehead atoms. The summed E-state index contributed by atoms with van der Waals surface area (Å²) in [6.07, 6.45) is 5.75. The summed E-state index contributed by atoms with van der Waals surface area (Å²) in [4.78, 5) is 10.7. The zero-order chi connectivity index (χ0) is 14.3. The van der Waals surface area contributed by atoms with Crippen molar-refractivity contribution in [2.45, 2.75) is 19.4 Å². The van der Waals surface area contributed by atoms with Gasteiger partial charge in [0.2, 0.25) is 8.30 Å². The van der Waals surface area contributed by atoms with E-state index in [1.54, 1.807) is 12.1 Å². The van der Waals surface area contributed by atoms with Gasteiger partial charge in [0.05, 0.1) is 11.7 Å². The molecular formula is C13H16NO4P. The zero-order valence-electron chi connectivity index (χ0n) is 10.5. The van der Waals surface area contributed by atoms with Crippen LogP contribution in [0.4, 0.5) is 5.69 Å². The largest absolute Gasteiger partial charge is 0.478 e. The predicted octanol–water partition coefficient (Wildman–Crippen LogP) is 2.49. The van der Waals surface area contributed by atoms with E-state index >= 15 is 0 Å². The molecule has 1 aromatic carbocycles. The predicted molar refractivity (Wildman–Crippen MR) is 75.0 cm³/mol. The van der Waals surface area contributed by atoms with E-state index in [4.69, 9.17) is 21.2 Å². The Kier molecular flexibility index (Phi) is 6.31. The highest BCUT2D eigenvalue weighted by Gasteiger charge is 2.11. The third kappa shape index (κ3) is 5.27. The SMILES string of the molecule is C#CP(Nc1ccc(C(=O)O)cc1)OC(C)CCO. The minimum Gasteiger partial charge on any atom is -0.478 e. The van der Waals surface area contributed by atoms with Gasteiger partial charge >= 0.3 is 5.97 Å². The van der Waals surface area contributed by atoms with Gasteiger partial charge in [-0.15, -0.1) is 6.42 Å². The lowest BCUT2D eigenvalue weighted by Crippen LogP contribution is -2.09. The Bertz CT molecular complexity index is 455. The van der Waals surface area contributed by atoms with Crippen molar-refractivity contribution in [1.29, 1.82) is 0 Å². The van der Waals surface area contributed by atoms with E-state index < -0.39 is 14.3 Å². The molecule has 0 aliphatic heterocycles. The number of carbonyl (C=O) groups is 1. The molecule has 0 saturated heterocycles. The van der Waals surface area contributed by atoms with Crippen LogP contribution in [-0.2, 0) is 4.52 Å². The molecule has 0 radical (unpaired) electrons. The highest BCUT2D eigenvalue weighted by atomic mass is 31.2.